The largest absolute Gasteiger partial charge is 0.350 e. The van der Waals surface area contributed by atoms with Gasteiger partial charge in [-0.3, -0.25) is 9.59 Å². The molecule has 29 heavy (non-hydrogen) atoms. The lowest BCUT2D eigenvalue weighted by atomic mass is 10.0. The molecule has 4 rings (SSSR count). The molecule has 0 unspecified atom stereocenters. The first-order chi connectivity index (χ1) is 14.0. The zero-order valence-corrected chi connectivity index (χ0v) is 15.4. The quantitative estimate of drug-likeness (QED) is 0.659. The van der Waals surface area contributed by atoms with E-state index in [0.29, 0.717) is 11.3 Å². The molecule has 3 aromatic rings. The van der Waals surface area contributed by atoms with Crippen molar-refractivity contribution in [3.63, 3.8) is 0 Å². The number of nitrogens with one attached hydrogen (secondary N) is 1. The molecule has 0 atom stereocenters. The lowest BCUT2D eigenvalue weighted by molar-refractivity contribution is -0.120. The molecule has 144 valence electrons. The van der Waals surface area contributed by atoms with Crippen LogP contribution < -0.4 is 10.2 Å². The molecule has 1 heterocycles. The van der Waals surface area contributed by atoms with E-state index in [1.807, 2.05) is 25.1 Å². The molecule has 0 fully saturated rings. The summed E-state index contributed by atoms with van der Waals surface area (Å²) < 4.78 is 27.1. The predicted octanol–water partition coefficient (Wildman–Crippen LogP) is 4.67. The van der Waals surface area contributed by atoms with Crippen LogP contribution in [0.3, 0.4) is 0 Å². The molecule has 3 aromatic carbocycles. The Kier molecular flexibility index (Phi) is 4.68. The summed E-state index contributed by atoms with van der Waals surface area (Å²) in [6.45, 7) is 1.91. The molecule has 0 radical (unpaired) electrons. The SMILES string of the molecule is Cc1cccc(NC2=C(c3ccccc3)C(=O)N(c3ccc(F)c(F)c3)C2=O)c1. The van der Waals surface area contributed by atoms with Crippen LogP contribution in [0.15, 0.2) is 78.5 Å². The number of nitrogens with zero attached hydrogens (tertiary/aromatic N) is 1. The van der Waals surface area contributed by atoms with Gasteiger partial charge >= 0.3 is 0 Å². The molecule has 0 bridgehead atoms. The van der Waals surface area contributed by atoms with E-state index in [1.54, 1.807) is 36.4 Å². The average molecular weight is 390 g/mol. The van der Waals surface area contributed by atoms with Crippen molar-refractivity contribution in [2.24, 2.45) is 0 Å². The van der Waals surface area contributed by atoms with E-state index in [4.69, 9.17) is 0 Å². The van der Waals surface area contributed by atoms with Gasteiger partial charge in [-0.15, -0.1) is 0 Å². The van der Waals surface area contributed by atoms with E-state index < -0.39 is 23.4 Å². The molecular weight excluding hydrogens is 374 g/mol. The van der Waals surface area contributed by atoms with Crippen LogP contribution in [0.4, 0.5) is 20.2 Å². The Labute approximate surface area is 166 Å². The molecule has 0 aliphatic carbocycles. The average Bonchev–Trinajstić information content (AvgIpc) is 2.95. The summed E-state index contributed by atoms with van der Waals surface area (Å²) in [5.74, 6) is -3.43. The van der Waals surface area contributed by atoms with Gasteiger partial charge in [0.15, 0.2) is 11.6 Å². The van der Waals surface area contributed by atoms with Crippen LogP contribution in [-0.4, -0.2) is 11.8 Å². The van der Waals surface area contributed by atoms with Crippen LogP contribution in [0.5, 0.6) is 0 Å². The monoisotopic (exact) mass is 390 g/mol. The fourth-order valence-electron chi connectivity index (χ4n) is 3.24. The maximum Gasteiger partial charge on any atom is 0.282 e. The Morgan fingerprint density at radius 2 is 1.55 bits per heavy atom. The second-order valence-corrected chi connectivity index (χ2v) is 6.65. The van der Waals surface area contributed by atoms with E-state index in [0.717, 1.165) is 22.6 Å². The molecule has 0 spiro atoms. The van der Waals surface area contributed by atoms with E-state index in [2.05, 4.69) is 5.32 Å². The minimum absolute atomic E-state index is 0.0339. The van der Waals surface area contributed by atoms with E-state index >= 15 is 0 Å². The Morgan fingerprint density at radius 3 is 2.24 bits per heavy atom. The number of hydrogen-bond donors (Lipinski definition) is 1. The number of halogens is 2. The van der Waals surface area contributed by atoms with Gasteiger partial charge in [-0.2, -0.15) is 0 Å². The third-order valence-corrected chi connectivity index (χ3v) is 4.60. The predicted molar refractivity (Wildman–Crippen MR) is 107 cm³/mol. The highest BCUT2D eigenvalue weighted by Gasteiger charge is 2.40. The van der Waals surface area contributed by atoms with Crippen LogP contribution >= 0.6 is 0 Å². The highest BCUT2D eigenvalue weighted by molar-refractivity contribution is 6.46. The van der Waals surface area contributed by atoms with Crippen LogP contribution in [-0.2, 0) is 9.59 Å². The molecule has 1 N–H and O–H groups in total. The number of rotatable bonds is 4. The Hall–Kier alpha value is -3.80. The number of anilines is 2. The van der Waals surface area contributed by atoms with Gasteiger partial charge in [-0.05, 0) is 42.3 Å². The third kappa shape index (κ3) is 3.40. The van der Waals surface area contributed by atoms with Crippen molar-refractivity contribution in [2.45, 2.75) is 6.92 Å². The number of aryl methyl sites for hydroxylation is 1. The van der Waals surface area contributed by atoms with E-state index in [9.17, 15) is 18.4 Å². The summed E-state index contributed by atoms with van der Waals surface area (Å²) in [4.78, 5) is 27.2. The standard InChI is InChI=1S/C23H16F2N2O2/c1-14-6-5-9-16(12-14)26-21-20(15-7-3-2-4-8-15)22(28)27(23(21)29)17-10-11-18(24)19(25)13-17/h2-13,26H,1H3. The lowest BCUT2D eigenvalue weighted by Crippen LogP contribution is -2.32. The first-order valence-electron chi connectivity index (χ1n) is 8.93. The van der Waals surface area contributed by atoms with Gasteiger partial charge in [0, 0.05) is 11.8 Å². The fraction of sp³-hybridized carbons (Fsp3) is 0.0435. The zero-order chi connectivity index (χ0) is 20.5. The van der Waals surface area contributed by atoms with Crippen LogP contribution in [0.1, 0.15) is 11.1 Å². The second-order valence-electron chi connectivity index (χ2n) is 6.65. The summed E-state index contributed by atoms with van der Waals surface area (Å²) in [6.07, 6.45) is 0. The van der Waals surface area contributed by atoms with Gasteiger partial charge in [-0.25, -0.2) is 13.7 Å². The van der Waals surface area contributed by atoms with Crippen molar-refractivity contribution in [1.82, 2.24) is 0 Å². The third-order valence-electron chi connectivity index (χ3n) is 4.60. The van der Waals surface area contributed by atoms with Crippen molar-refractivity contribution >= 4 is 28.8 Å². The van der Waals surface area contributed by atoms with Crippen molar-refractivity contribution < 1.29 is 18.4 Å². The van der Waals surface area contributed by atoms with Crippen molar-refractivity contribution in [3.8, 4) is 0 Å². The Morgan fingerprint density at radius 1 is 0.793 bits per heavy atom. The first kappa shape index (κ1) is 18.6. The summed E-state index contributed by atoms with van der Waals surface area (Å²) in [5.41, 5.74) is 2.38. The molecule has 1 aliphatic heterocycles. The molecule has 0 aromatic heterocycles. The van der Waals surface area contributed by atoms with Gasteiger partial charge in [0.2, 0.25) is 0 Å². The number of carbonyl (C=O) groups excluding carboxylic acids is 2. The van der Waals surface area contributed by atoms with Crippen molar-refractivity contribution in [1.29, 1.82) is 0 Å². The van der Waals surface area contributed by atoms with Gasteiger partial charge in [0.25, 0.3) is 11.8 Å². The van der Waals surface area contributed by atoms with Gasteiger partial charge < -0.3 is 5.32 Å². The summed E-state index contributed by atoms with van der Waals surface area (Å²) >= 11 is 0. The molecule has 6 heteroatoms. The molecular formula is C23H16F2N2O2. The molecule has 2 amide bonds. The highest BCUT2D eigenvalue weighted by atomic mass is 19.2. The smallest absolute Gasteiger partial charge is 0.282 e. The van der Waals surface area contributed by atoms with Gasteiger partial charge in [0.1, 0.15) is 5.70 Å². The maximum absolute atomic E-state index is 13.7. The number of carbonyl (C=O) groups is 2. The number of hydrogen-bond acceptors (Lipinski definition) is 3. The normalized spacial score (nSPS) is 14.0. The Balaban J connectivity index is 1.82. The Bertz CT molecular complexity index is 1160. The summed E-state index contributed by atoms with van der Waals surface area (Å²) in [5, 5.41) is 3.04. The van der Waals surface area contributed by atoms with Crippen LogP contribution in [0, 0.1) is 18.6 Å². The van der Waals surface area contributed by atoms with Crippen LogP contribution in [0.2, 0.25) is 0 Å². The van der Waals surface area contributed by atoms with Crippen molar-refractivity contribution in [3.05, 3.63) is 101 Å². The van der Waals surface area contributed by atoms with Crippen LogP contribution in [0.25, 0.3) is 5.57 Å². The molecule has 1 aliphatic rings. The van der Waals surface area contributed by atoms with E-state index in [-0.39, 0.29) is 17.0 Å². The van der Waals surface area contributed by atoms with Crippen molar-refractivity contribution in [2.75, 3.05) is 10.2 Å². The van der Waals surface area contributed by atoms with Gasteiger partial charge in [0.05, 0.1) is 11.3 Å². The molecule has 0 saturated heterocycles. The fourth-order valence-corrected chi connectivity index (χ4v) is 3.24. The summed E-state index contributed by atoms with van der Waals surface area (Å²) in [7, 11) is 0. The second kappa shape index (κ2) is 7.31. The highest BCUT2D eigenvalue weighted by Crippen LogP contribution is 2.34. The lowest BCUT2D eigenvalue weighted by Gasteiger charge is -2.15. The van der Waals surface area contributed by atoms with Gasteiger partial charge in [-0.1, -0.05) is 42.5 Å². The number of amides is 2. The summed E-state index contributed by atoms with van der Waals surface area (Å²) in [6, 6.07) is 19.0. The number of imide groups is 1. The molecule has 4 nitrogen and oxygen atoms in total. The minimum Gasteiger partial charge on any atom is -0.350 e. The topological polar surface area (TPSA) is 49.4 Å². The zero-order valence-electron chi connectivity index (χ0n) is 15.4. The minimum atomic E-state index is -1.13. The van der Waals surface area contributed by atoms with E-state index in [1.165, 1.54) is 6.07 Å². The maximum atomic E-state index is 13.7. The molecule has 0 saturated carbocycles. The first-order valence-corrected chi connectivity index (χ1v) is 8.93. The number of benzene rings is 3.